The standard InChI is InChI=1S/C25H28N4O2S/c30-24(9-10-25(31)28-13-11-23-19(17-28)12-14-32-23)27-21-7-4-8-22-20(21)15-26-29(22)16-18-5-2-1-3-6-18/h1-3,5-6,12,14-15,21H,4,7-11,13,16-17H2,(H,27,30). The van der Waals surface area contributed by atoms with Gasteiger partial charge in [0.15, 0.2) is 0 Å². The molecule has 2 amide bonds. The molecule has 0 saturated heterocycles. The van der Waals surface area contributed by atoms with Gasteiger partial charge in [-0.15, -0.1) is 11.3 Å². The van der Waals surface area contributed by atoms with E-state index < -0.39 is 0 Å². The first kappa shape index (κ1) is 20.9. The van der Waals surface area contributed by atoms with E-state index in [9.17, 15) is 9.59 Å². The van der Waals surface area contributed by atoms with Crippen LogP contribution in [0.4, 0.5) is 0 Å². The molecule has 3 heterocycles. The molecule has 0 radical (unpaired) electrons. The normalized spacial score (nSPS) is 17.5. The lowest BCUT2D eigenvalue weighted by atomic mass is 9.92. The molecular weight excluding hydrogens is 420 g/mol. The zero-order chi connectivity index (χ0) is 21.9. The summed E-state index contributed by atoms with van der Waals surface area (Å²) < 4.78 is 2.06. The molecule has 6 nitrogen and oxygen atoms in total. The second-order valence-electron chi connectivity index (χ2n) is 8.64. The Bertz CT molecular complexity index is 1100. The van der Waals surface area contributed by atoms with Crippen LogP contribution in [0.3, 0.4) is 0 Å². The van der Waals surface area contributed by atoms with Crippen LogP contribution < -0.4 is 5.32 Å². The molecule has 1 aliphatic heterocycles. The Morgan fingerprint density at radius 1 is 1.12 bits per heavy atom. The lowest BCUT2D eigenvalue weighted by Gasteiger charge is -2.27. The molecule has 1 atom stereocenters. The van der Waals surface area contributed by atoms with Gasteiger partial charge < -0.3 is 10.2 Å². The van der Waals surface area contributed by atoms with E-state index >= 15 is 0 Å². The molecule has 0 bridgehead atoms. The maximum Gasteiger partial charge on any atom is 0.223 e. The molecule has 7 heteroatoms. The van der Waals surface area contributed by atoms with Crippen molar-refractivity contribution >= 4 is 23.2 Å². The van der Waals surface area contributed by atoms with Gasteiger partial charge in [0, 0.05) is 42.1 Å². The monoisotopic (exact) mass is 448 g/mol. The van der Waals surface area contributed by atoms with E-state index in [2.05, 4.69) is 38.7 Å². The van der Waals surface area contributed by atoms with Crippen LogP contribution in [0.15, 0.2) is 48.0 Å². The number of hydrogen-bond donors (Lipinski definition) is 1. The van der Waals surface area contributed by atoms with Crippen molar-refractivity contribution in [3.8, 4) is 0 Å². The predicted octanol–water partition coefficient (Wildman–Crippen LogP) is 3.85. The summed E-state index contributed by atoms with van der Waals surface area (Å²) in [5, 5.41) is 9.86. The van der Waals surface area contributed by atoms with Gasteiger partial charge in [0.1, 0.15) is 0 Å². The summed E-state index contributed by atoms with van der Waals surface area (Å²) >= 11 is 1.76. The summed E-state index contributed by atoms with van der Waals surface area (Å²) in [7, 11) is 0. The van der Waals surface area contributed by atoms with Crippen LogP contribution in [-0.4, -0.2) is 33.0 Å². The average molecular weight is 449 g/mol. The minimum atomic E-state index is -0.0553. The number of amides is 2. The van der Waals surface area contributed by atoms with E-state index in [0.717, 1.165) is 44.3 Å². The molecule has 0 saturated carbocycles. The van der Waals surface area contributed by atoms with Crippen LogP contribution in [0.5, 0.6) is 0 Å². The average Bonchev–Trinajstić information content (AvgIpc) is 3.45. The molecule has 0 spiro atoms. The van der Waals surface area contributed by atoms with Crippen LogP contribution in [0.2, 0.25) is 0 Å². The zero-order valence-corrected chi connectivity index (χ0v) is 18.9. The Labute approximate surface area is 192 Å². The first-order valence-corrected chi connectivity index (χ1v) is 12.3. The largest absolute Gasteiger partial charge is 0.349 e. The second kappa shape index (κ2) is 9.28. The second-order valence-corrected chi connectivity index (χ2v) is 9.64. The topological polar surface area (TPSA) is 67.2 Å². The highest BCUT2D eigenvalue weighted by Gasteiger charge is 2.26. The van der Waals surface area contributed by atoms with Gasteiger partial charge in [0.2, 0.25) is 11.8 Å². The molecule has 32 heavy (non-hydrogen) atoms. The molecule has 0 fully saturated rings. The number of aromatic nitrogens is 2. The van der Waals surface area contributed by atoms with Gasteiger partial charge in [-0.2, -0.15) is 5.10 Å². The van der Waals surface area contributed by atoms with E-state index in [0.29, 0.717) is 6.54 Å². The Hall–Kier alpha value is -2.93. The van der Waals surface area contributed by atoms with Crippen molar-refractivity contribution in [2.75, 3.05) is 6.54 Å². The van der Waals surface area contributed by atoms with E-state index in [1.165, 1.54) is 21.7 Å². The van der Waals surface area contributed by atoms with E-state index in [1.807, 2.05) is 29.3 Å². The molecule has 166 valence electrons. The Morgan fingerprint density at radius 2 is 2.00 bits per heavy atom. The first-order chi connectivity index (χ1) is 15.7. The van der Waals surface area contributed by atoms with Gasteiger partial charge in [0.25, 0.3) is 0 Å². The lowest BCUT2D eigenvalue weighted by molar-refractivity contribution is -0.134. The van der Waals surface area contributed by atoms with Gasteiger partial charge in [-0.25, -0.2) is 0 Å². The van der Waals surface area contributed by atoms with Crippen molar-refractivity contribution in [1.82, 2.24) is 20.0 Å². The van der Waals surface area contributed by atoms with Crippen molar-refractivity contribution in [1.29, 1.82) is 0 Å². The van der Waals surface area contributed by atoms with Crippen LogP contribution in [0.1, 0.15) is 59.0 Å². The Morgan fingerprint density at radius 3 is 2.88 bits per heavy atom. The number of nitrogens with zero attached hydrogens (tertiary/aromatic N) is 3. The Kier molecular flexibility index (Phi) is 6.08. The van der Waals surface area contributed by atoms with Gasteiger partial charge in [-0.1, -0.05) is 30.3 Å². The van der Waals surface area contributed by atoms with Gasteiger partial charge in [0.05, 0.1) is 18.8 Å². The summed E-state index contributed by atoms with van der Waals surface area (Å²) in [6, 6.07) is 12.4. The first-order valence-electron chi connectivity index (χ1n) is 11.4. The smallest absolute Gasteiger partial charge is 0.223 e. The molecule has 2 aromatic heterocycles. The molecule has 1 unspecified atom stereocenters. The minimum absolute atomic E-state index is 0.0192. The SMILES string of the molecule is O=C(CCC(=O)N1CCc2sccc2C1)NC1CCCc2c1cnn2Cc1ccccc1. The lowest BCUT2D eigenvalue weighted by Crippen LogP contribution is -2.36. The van der Waals surface area contributed by atoms with Crippen LogP contribution in [0, 0.1) is 0 Å². The highest BCUT2D eigenvalue weighted by atomic mass is 32.1. The third kappa shape index (κ3) is 4.48. The third-order valence-electron chi connectivity index (χ3n) is 6.50. The molecule has 1 N–H and O–H groups in total. The van der Waals surface area contributed by atoms with Crippen LogP contribution in [-0.2, 0) is 35.5 Å². The van der Waals surface area contributed by atoms with Crippen molar-refractivity contribution < 1.29 is 9.59 Å². The fourth-order valence-corrected chi connectivity index (χ4v) is 5.66. The molecule has 3 aromatic rings. The van der Waals surface area contributed by atoms with E-state index in [1.54, 1.807) is 11.3 Å². The number of hydrogen-bond acceptors (Lipinski definition) is 4. The maximum absolute atomic E-state index is 12.7. The summed E-state index contributed by atoms with van der Waals surface area (Å²) in [6.45, 7) is 2.17. The number of thiophene rings is 1. The van der Waals surface area contributed by atoms with Gasteiger partial charge in [-0.05, 0) is 48.3 Å². The summed E-state index contributed by atoms with van der Waals surface area (Å²) in [5.41, 5.74) is 4.80. The molecule has 1 aromatic carbocycles. The number of benzene rings is 1. The number of fused-ring (bicyclic) bond motifs is 2. The molecular formula is C25H28N4O2S. The summed E-state index contributed by atoms with van der Waals surface area (Å²) in [4.78, 5) is 28.6. The predicted molar refractivity (Wildman–Crippen MR) is 124 cm³/mol. The third-order valence-corrected chi connectivity index (χ3v) is 7.52. The number of nitrogens with one attached hydrogen (secondary N) is 1. The quantitative estimate of drug-likeness (QED) is 0.623. The summed E-state index contributed by atoms with van der Waals surface area (Å²) in [6.07, 6.45) is 6.23. The van der Waals surface area contributed by atoms with Crippen molar-refractivity contribution in [2.24, 2.45) is 0 Å². The summed E-state index contributed by atoms with van der Waals surface area (Å²) in [5.74, 6) is 0.0113. The van der Waals surface area contributed by atoms with Crippen LogP contribution in [0.25, 0.3) is 0 Å². The molecule has 5 rings (SSSR count). The minimum Gasteiger partial charge on any atom is -0.349 e. The van der Waals surface area contributed by atoms with E-state index in [-0.39, 0.29) is 30.7 Å². The van der Waals surface area contributed by atoms with E-state index in [4.69, 9.17) is 0 Å². The Balaban J connectivity index is 1.16. The zero-order valence-electron chi connectivity index (χ0n) is 18.1. The van der Waals surface area contributed by atoms with Crippen LogP contribution >= 0.6 is 11.3 Å². The van der Waals surface area contributed by atoms with Gasteiger partial charge >= 0.3 is 0 Å². The van der Waals surface area contributed by atoms with Crippen molar-refractivity contribution in [2.45, 2.75) is 57.7 Å². The van der Waals surface area contributed by atoms with Crippen molar-refractivity contribution in [3.63, 3.8) is 0 Å². The van der Waals surface area contributed by atoms with Crippen molar-refractivity contribution in [3.05, 3.63) is 75.2 Å². The number of carbonyl (C=O) groups is 2. The molecule has 1 aliphatic carbocycles. The maximum atomic E-state index is 12.7. The fourth-order valence-electron chi connectivity index (χ4n) is 4.77. The fraction of sp³-hybridized carbons (Fsp3) is 0.400. The number of carbonyl (C=O) groups excluding carboxylic acids is 2. The highest BCUT2D eigenvalue weighted by molar-refractivity contribution is 7.10. The molecule has 2 aliphatic rings. The highest BCUT2D eigenvalue weighted by Crippen LogP contribution is 2.30. The number of rotatable bonds is 6. The van der Waals surface area contributed by atoms with Gasteiger partial charge in [-0.3, -0.25) is 14.3 Å².